The van der Waals surface area contributed by atoms with Crippen LogP contribution in [0.2, 0.25) is 0 Å². The third kappa shape index (κ3) is 8.72. The van der Waals surface area contributed by atoms with Gasteiger partial charge in [-0.25, -0.2) is 4.79 Å². The number of urea groups is 1. The van der Waals surface area contributed by atoms with Gasteiger partial charge in [0.15, 0.2) is 5.65 Å². The number of nitrogens with one attached hydrogen (secondary N) is 3. The van der Waals surface area contributed by atoms with Crippen molar-refractivity contribution in [3.8, 4) is 5.75 Å². The van der Waals surface area contributed by atoms with E-state index >= 15 is 0 Å². The van der Waals surface area contributed by atoms with Gasteiger partial charge in [0.05, 0.1) is 12.2 Å². The molecule has 0 saturated carbocycles. The summed E-state index contributed by atoms with van der Waals surface area (Å²) in [6.45, 7) is 13.3. The van der Waals surface area contributed by atoms with Crippen LogP contribution < -0.4 is 20.7 Å². The molecule has 3 heterocycles. The molecule has 2 atom stereocenters. The summed E-state index contributed by atoms with van der Waals surface area (Å²) < 4.78 is 8.68. The zero-order valence-electron chi connectivity index (χ0n) is 29.4. The van der Waals surface area contributed by atoms with Crippen LogP contribution in [0.4, 0.5) is 10.5 Å². The summed E-state index contributed by atoms with van der Waals surface area (Å²) in [5.41, 5.74) is 5.11. The van der Waals surface area contributed by atoms with Gasteiger partial charge in [-0.05, 0) is 62.2 Å². The lowest BCUT2D eigenvalue weighted by atomic mass is 9.85. The average molecular weight is 665 g/mol. The molecule has 11 heteroatoms. The molecule has 5 N–H and O–H groups in total. The number of quaternary nitrogens is 1. The largest absolute Gasteiger partial charge is 0.484 e. The average Bonchev–Trinajstić information content (AvgIpc) is 3.48. The number of aryl methyl sites for hydroxylation is 1. The second-order valence-corrected chi connectivity index (χ2v) is 14.4. The van der Waals surface area contributed by atoms with Crippen molar-refractivity contribution in [3.05, 3.63) is 101 Å². The second-order valence-electron chi connectivity index (χ2n) is 14.4. The maximum atomic E-state index is 13.5. The standard InChI is InChI=1S/C38H49N9O2/c1-26-10-12-27(13-11-26)40-34(24-33(39)38(2,3)4)42-37(48)41-31-15-16-32(30-9-7-6-8-29(30)31)49-28-14-17-35-43-44-36(47(35)25-28)18-19-46-22-20-45(5)21-23-46/h6-14,17,24-25,31-32,39-40H,15-16,18-23H2,1-5H3,(H2,41,42,48)/p+1. The van der Waals surface area contributed by atoms with Crippen LogP contribution in [0.15, 0.2) is 78.8 Å². The summed E-state index contributed by atoms with van der Waals surface area (Å²) in [7, 11) is 2.17. The van der Waals surface area contributed by atoms with E-state index < -0.39 is 0 Å². The number of carbonyl (C=O) groups excluding carboxylic acids is 1. The van der Waals surface area contributed by atoms with E-state index in [1.54, 1.807) is 6.08 Å². The molecule has 2 amide bonds. The van der Waals surface area contributed by atoms with E-state index in [1.165, 1.54) is 0 Å². The summed E-state index contributed by atoms with van der Waals surface area (Å²) in [6, 6.07) is 19.7. The van der Waals surface area contributed by atoms with Gasteiger partial charge in [-0.1, -0.05) is 62.7 Å². The van der Waals surface area contributed by atoms with Crippen molar-refractivity contribution in [1.82, 2.24) is 35.0 Å². The van der Waals surface area contributed by atoms with Crippen LogP contribution in [0.25, 0.3) is 5.65 Å². The van der Waals surface area contributed by atoms with E-state index in [4.69, 9.17) is 10.1 Å². The first-order valence-electron chi connectivity index (χ1n) is 17.3. The highest BCUT2D eigenvalue weighted by atomic mass is 16.5. The molecule has 2 aromatic carbocycles. The number of fused-ring (bicyclic) bond motifs is 2. The van der Waals surface area contributed by atoms with E-state index in [1.807, 2.05) is 92.1 Å². The third-order valence-corrected chi connectivity index (χ3v) is 9.48. The molecule has 1 aliphatic heterocycles. The lowest BCUT2D eigenvalue weighted by molar-refractivity contribution is -0.522. The number of piperazine rings is 1. The number of amides is 2. The molecule has 49 heavy (non-hydrogen) atoms. The predicted octanol–water partition coefficient (Wildman–Crippen LogP) is 4.88. The van der Waals surface area contributed by atoms with Gasteiger partial charge in [-0.3, -0.25) is 15.0 Å². The van der Waals surface area contributed by atoms with Crippen LogP contribution in [-0.4, -0.2) is 75.9 Å². The number of hydrogen-bond donors (Lipinski definition) is 4. The molecule has 2 aliphatic rings. The fourth-order valence-electron chi connectivity index (χ4n) is 6.33. The Balaban J connectivity index is 1.13. The maximum absolute atomic E-state index is 13.5. The predicted molar refractivity (Wildman–Crippen MR) is 192 cm³/mol. The van der Waals surface area contributed by atoms with Crippen molar-refractivity contribution < 1.29 is 14.8 Å². The Kier molecular flexibility index (Phi) is 10.4. The van der Waals surface area contributed by atoms with Crippen LogP contribution in [0, 0.1) is 17.7 Å². The molecule has 0 spiro atoms. The van der Waals surface area contributed by atoms with Crippen LogP contribution in [-0.2, 0) is 6.42 Å². The van der Waals surface area contributed by atoms with Gasteiger partial charge in [0.25, 0.3) is 0 Å². The van der Waals surface area contributed by atoms with Crippen molar-refractivity contribution in [3.63, 3.8) is 0 Å². The van der Waals surface area contributed by atoms with Crippen LogP contribution in [0.5, 0.6) is 5.75 Å². The Labute approximate surface area is 289 Å². The third-order valence-electron chi connectivity index (χ3n) is 9.48. The first-order valence-corrected chi connectivity index (χ1v) is 17.3. The van der Waals surface area contributed by atoms with Crippen molar-refractivity contribution in [1.29, 1.82) is 5.41 Å². The lowest BCUT2D eigenvalue weighted by Gasteiger charge is -2.32. The number of allylic oxidation sites excluding steroid dienone is 1. The molecule has 258 valence electrons. The fraction of sp³-hybridized carbons (Fsp3) is 0.421. The zero-order valence-corrected chi connectivity index (χ0v) is 29.4. The number of likely N-dealkylation sites (N-methyl/N-ethyl adjacent to an activating group) is 1. The number of hydrogen-bond acceptors (Lipinski definition) is 7. The van der Waals surface area contributed by atoms with Crippen molar-refractivity contribution in [2.75, 3.05) is 39.8 Å². The normalized spacial score (nSPS) is 19.0. The van der Waals surface area contributed by atoms with Crippen molar-refractivity contribution in [2.45, 2.75) is 59.1 Å². The highest BCUT2D eigenvalue weighted by molar-refractivity contribution is 5.97. The molecule has 0 bridgehead atoms. The first kappa shape index (κ1) is 34.3. The molecule has 1 aliphatic carbocycles. The molecule has 6 rings (SSSR count). The molecule has 1 saturated heterocycles. The van der Waals surface area contributed by atoms with E-state index in [2.05, 4.69) is 49.8 Å². The van der Waals surface area contributed by atoms with Gasteiger partial charge in [-0.15, -0.1) is 10.2 Å². The van der Waals surface area contributed by atoms with Gasteiger partial charge >= 0.3 is 6.03 Å². The fourth-order valence-corrected chi connectivity index (χ4v) is 6.33. The highest BCUT2D eigenvalue weighted by Gasteiger charge is 2.30. The van der Waals surface area contributed by atoms with Gasteiger partial charge < -0.3 is 25.3 Å². The van der Waals surface area contributed by atoms with Crippen LogP contribution in [0.1, 0.15) is 68.3 Å². The molecule has 2 unspecified atom stereocenters. The van der Waals surface area contributed by atoms with Gasteiger partial charge in [0.1, 0.15) is 23.4 Å². The molecular formula is C38H50N9O2+. The van der Waals surface area contributed by atoms with E-state index in [9.17, 15) is 4.79 Å². The molecule has 11 nitrogen and oxygen atoms in total. The number of aromatic nitrogens is 3. The van der Waals surface area contributed by atoms with Crippen molar-refractivity contribution in [2.24, 2.45) is 5.41 Å². The number of pyridine rings is 1. The topological polar surface area (TPSA) is 127 Å². The molecule has 1 fully saturated rings. The molecule has 4 aromatic rings. The Morgan fingerprint density at radius 1 is 1.00 bits per heavy atom. The Hall–Kier alpha value is -4.58. The van der Waals surface area contributed by atoms with Crippen LogP contribution in [0.3, 0.4) is 0 Å². The number of rotatable bonds is 10. The summed E-state index contributed by atoms with van der Waals surface area (Å²) in [4.78, 5) is 18.3. The number of nitrogens with zero attached hydrogens (tertiary/aromatic N) is 5. The minimum atomic E-state index is -0.354. The van der Waals surface area contributed by atoms with E-state index in [-0.39, 0.29) is 23.6 Å². The van der Waals surface area contributed by atoms with Gasteiger partial charge in [0.2, 0.25) is 5.82 Å². The Morgan fingerprint density at radius 3 is 2.47 bits per heavy atom. The highest BCUT2D eigenvalue weighted by Crippen LogP contribution is 2.38. The smallest absolute Gasteiger partial charge is 0.323 e. The first-order chi connectivity index (χ1) is 23.5. The van der Waals surface area contributed by atoms with Gasteiger partial charge in [-0.2, -0.15) is 0 Å². The van der Waals surface area contributed by atoms with E-state index in [0.29, 0.717) is 11.5 Å². The number of nitrogens with two attached hydrogens (primary N) is 1. The summed E-state index contributed by atoms with van der Waals surface area (Å²) in [5, 5.41) is 25.6. The SMILES string of the molecule is Cc1ccc([NH2+]C(=CC(=N)C(C)(C)C)NC(=O)NC2CCC(Oc3ccc4nnc(CCN5CCN(C)CC5)n4c3)c3ccccc32)cc1. The molecular weight excluding hydrogens is 614 g/mol. The van der Waals surface area contributed by atoms with Crippen molar-refractivity contribution >= 4 is 23.1 Å². The minimum absolute atomic E-state index is 0.155. The van der Waals surface area contributed by atoms with Gasteiger partial charge in [0, 0.05) is 56.3 Å². The number of carbonyl (C=O) groups is 1. The summed E-state index contributed by atoms with van der Waals surface area (Å²) in [6.07, 6.45) is 5.88. The molecule has 0 radical (unpaired) electrons. The minimum Gasteiger partial charge on any atom is -0.484 e. The Bertz CT molecular complexity index is 1800. The number of ether oxygens (including phenoxy) is 1. The quantitative estimate of drug-likeness (QED) is 0.141. The number of benzene rings is 2. The summed E-state index contributed by atoms with van der Waals surface area (Å²) in [5.74, 6) is 2.27. The molecule has 2 aromatic heterocycles. The zero-order chi connectivity index (χ0) is 34.5. The summed E-state index contributed by atoms with van der Waals surface area (Å²) >= 11 is 0. The Morgan fingerprint density at radius 2 is 1.73 bits per heavy atom. The van der Waals surface area contributed by atoms with Crippen LogP contribution >= 0.6 is 0 Å². The lowest BCUT2D eigenvalue weighted by Crippen LogP contribution is -2.79. The van der Waals surface area contributed by atoms with E-state index in [0.717, 1.165) is 91.6 Å². The maximum Gasteiger partial charge on any atom is 0.323 e. The second kappa shape index (κ2) is 14.9. The monoisotopic (exact) mass is 664 g/mol.